The SMILES string of the molecule is CCNC(=NCc1ccc(C)cc1OC)NCC(O)CS(=O)(=O)c1cccs1. The molecule has 1 aromatic carbocycles. The Hall–Kier alpha value is -2.10. The minimum atomic E-state index is -3.49. The summed E-state index contributed by atoms with van der Waals surface area (Å²) in [6.45, 7) is 5.03. The summed E-state index contributed by atoms with van der Waals surface area (Å²) < 4.78 is 30.1. The molecule has 28 heavy (non-hydrogen) atoms. The number of rotatable bonds is 9. The highest BCUT2D eigenvalue weighted by molar-refractivity contribution is 7.93. The molecule has 0 fully saturated rings. The van der Waals surface area contributed by atoms with Crippen molar-refractivity contribution in [3.8, 4) is 5.75 Å². The van der Waals surface area contributed by atoms with Crippen LogP contribution in [-0.4, -0.2) is 51.5 Å². The Bertz CT molecular complexity index is 881. The number of sulfone groups is 1. The van der Waals surface area contributed by atoms with Crippen molar-refractivity contribution in [1.82, 2.24) is 10.6 Å². The number of aliphatic imine (C=N–C) groups is 1. The third-order valence-corrected chi connectivity index (χ3v) is 7.20. The topological polar surface area (TPSA) is 100 Å². The number of hydrogen-bond donors (Lipinski definition) is 3. The largest absolute Gasteiger partial charge is 0.496 e. The first kappa shape index (κ1) is 22.2. The monoisotopic (exact) mass is 425 g/mol. The van der Waals surface area contributed by atoms with Gasteiger partial charge in [-0.3, -0.25) is 0 Å². The van der Waals surface area contributed by atoms with Gasteiger partial charge < -0.3 is 20.5 Å². The van der Waals surface area contributed by atoms with Crippen LogP contribution < -0.4 is 15.4 Å². The lowest BCUT2D eigenvalue weighted by atomic mass is 10.1. The molecule has 2 aromatic rings. The van der Waals surface area contributed by atoms with Gasteiger partial charge in [0.25, 0.3) is 0 Å². The molecule has 1 heterocycles. The highest BCUT2D eigenvalue weighted by atomic mass is 32.2. The van der Waals surface area contributed by atoms with Crippen LogP contribution in [0.15, 0.2) is 44.9 Å². The van der Waals surface area contributed by atoms with E-state index in [0.29, 0.717) is 19.0 Å². The van der Waals surface area contributed by atoms with Gasteiger partial charge in [0.1, 0.15) is 9.96 Å². The predicted molar refractivity (Wildman–Crippen MR) is 113 cm³/mol. The normalized spacial score (nSPS) is 13.2. The molecule has 0 saturated heterocycles. The Balaban J connectivity index is 1.97. The lowest BCUT2D eigenvalue weighted by Gasteiger charge is -2.15. The molecule has 0 saturated carbocycles. The van der Waals surface area contributed by atoms with Crippen molar-refractivity contribution >= 4 is 27.1 Å². The van der Waals surface area contributed by atoms with E-state index in [-0.39, 0.29) is 16.5 Å². The molecular weight excluding hydrogens is 398 g/mol. The Morgan fingerprint density at radius 3 is 2.75 bits per heavy atom. The fraction of sp³-hybridized carbons (Fsp3) is 0.421. The molecule has 0 spiro atoms. The predicted octanol–water partition coefficient (Wildman–Crippen LogP) is 1.96. The van der Waals surface area contributed by atoms with E-state index in [0.717, 1.165) is 28.2 Å². The van der Waals surface area contributed by atoms with Crippen molar-refractivity contribution in [3.63, 3.8) is 0 Å². The standard InChI is InChI=1S/C19H27N3O4S2/c1-4-20-19(21-11-15-8-7-14(2)10-17(15)26-3)22-12-16(23)13-28(24,25)18-6-5-9-27-18/h5-10,16,23H,4,11-13H2,1-3H3,(H2,20,21,22). The van der Waals surface area contributed by atoms with E-state index in [4.69, 9.17) is 4.74 Å². The Labute approximate surface area is 170 Å². The Kier molecular flexibility index (Phi) is 8.28. The highest BCUT2D eigenvalue weighted by Gasteiger charge is 2.20. The molecule has 0 aliphatic carbocycles. The number of nitrogens with one attached hydrogen (secondary N) is 2. The molecule has 1 aromatic heterocycles. The van der Waals surface area contributed by atoms with Gasteiger partial charge >= 0.3 is 0 Å². The molecular formula is C19H27N3O4S2. The summed E-state index contributed by atoms with van der Waals surface area (Å²) in [6.07, 6.45) is -1.05. The minimum Gasteiger partial charge on any atom is -0.496 e. The maximum Gasteiger partial charge on any atom is 0.191 e. The number of aliphatic hydroxyl groups excluding tert-OH is 1. The van der Waals surface area contributed by atoms with Crippen LogP contribution in [-0.2, 0) is 16.4 Å². The number of aliphatic hydroxyl groups is 1. The fourth-order valence-corrected chi connectivity index (χ4v) is 5.02. The van der Waals surface area contributed by atoms with E-state index >= 15 is 0 Å². The zero-order valence-electron chi connectivity index (χ0n) is 16.3. The molecule has 0 aliphatic heterocycles. The summed E-state index contributed by atoms with van der Waals surface area (Å²) in [7, 11) is -1.87. The van der Waals surface area contributed by atoms with Crippen LogP contribution in [0.4, 0.5) is 0 Å². The van der Waals surface area contributed by atoms with Crippen molar-refractivity contribution in [2.24, 2.45) is 4.99 Å². The summed E-state index contributed by atoms with van der Waals surface area (Å²) >= 11 is 1.15. The summed E-state index contributed by atoms with van der Waals surface area (Å²) in [5.41, 5.74) is 2.04. The number of guanidine groups is 1. The number of aryl methyl sites for hydroxylation is 1. The van der Waals surface area contributed by atoms with E-state index < -0.39 is 15.9 Å². The van der Waals surface area contributed by atoms with Crippen molar-refractivity contribution in [2.45, 2.75) is 30.7 Å². The van der Waals surface area contributed by atoms with E-state index in [1.807, 2.05) is 32.0 Å². The second-order valence-corrected chi connectivity index (χ2v) is 9.47. The van der Waals surface area contributed by atoms with Gasteiger partial charge in [-0.1, -0.05) is 18.2 Å². The quantitative estimate of drug-likeness (QED) is 0.419. The Morgan fingerprint density at radius 1 is 1.32 bits per heavy atom. The molecule has 1 unspecified atom stereocenters. The summed E-state index contributed by atoms with van der Waals surface area (Å²) in [5, 5.41) is 17.9. The number of hydrogen-bond acceptors (Lipinski definition) is 6. The molecule has 3 N–H and O–H groups in total. The molecule has 0 bridgehead atoms. The maximum absolute atomic E-state index is 12.2. The van der Waals surface area contributed by atoms with Crippen LogP contribution in [0, 0.1) is 6.92 Å². The van der Waals surface area contributed by atoms with Gasteiger partial charge in [0, 0.05) is 18.7 Å². The second kappa shape index (κ2) is 10.4. The molecule has 0 aliphatic rings. The average Bonchev–Trinajstić information content (AvgIpc) is 3.20. The van der Waals surface area contributed by atoms with E-state index in [1.54, 1.807) is 24.6 Å². The molecule has 2 rings (SSSR count). The lowest BCUT2D eigenvalue weighted by molar-refractivity contribution is 0.200. The summed E-state index contributed by atoms with van der Waals surface area (Å²) in [6, 6.07) is 9.12. The van der Waals surface area contributed by atoms with Gasteiger partial charge in [0.15, 0.2) is 15.8 Å². The summed E-state index contributed by atoms with van der Waals surface area (Å²) in [5.74, 6) is 0.922. The van der Waals surface area contributed by atoms with Crippen molar-refractivity contribution < 1.29 is 18.3 Å². The number of ether oxygens (including phenoxy) is 1. The van der Waals surface area contributed by atoms with Crippen LogP contribution in [0.1, 0.15) is 18.1 Å². The van der Waals surface area contributed by atoms with Gasteiger partial charge in [0.05, 0.1) is 25.5 Å². The molecule has 9 heteroatoms. The maximum atomic E-state index is 12.2. The van der Waals surface area contributed by atoms with Gasteiger partial charge in [-0.15, -0.1) is 11.3 Å². The first-order chi connectivity index (χ1) is 13.4. The number of methoxy groups -OCH3 is 1. The number of nitrogens with zero attached hydrogens (tertiary/aromatic N) is 1. The fourth-order valence-electron chi connectivity index (χ4n) is 2.54. The van der Waals surface area contributed by atoms with Gasteiger partial charge in [0.2, 0.25) is 0 Å². The molecule has 154 valence electrons. The van der Waals surface area contributed by atoms with Crippen LogP contribution >= 0.6 is 11.3 Å². The molecule has 0 amide bonds. The highest BCUT2D eigenvalue weighted by Crippen LogP contribution is 2.20. The van der Waals surface area contributed by atoms with Crippen LogP contribution in [0.3, 0.4) is 0 Å². The van der Waals surface area contributed by atoms with Gasteiger partial charge in [-0.2, -0.15) is 0 Å². The first-order valence-corrected chi connectivity index (χ1v) is 11.5. The van der Waals surface area contributed by atoms with Crippen LogP contribution in [0.5, 0.6) is 5.75 Å². The van der Waals surface area contributed by atoms with Crippen molar-refractivity contribution in [1.29, 1.82) is 0 Å². The van der Waals surface area contributed by atoms with E-state index in [2.05, 4.69) is 15.6 Å². The van der Waals surface area contributed by atoms with Crippen LogP contribution in [0.2, 0.25) is 0 Å². The Morgan fingerprint density at radius 2 is 2.11 bits per heavy atom. The zero-order valence-corrected chi connectivity index (χ0v) is 17.9. The van der Waals surface area contributed by atoms with E-state index in [9.17, 15) is 13.5 Å². The smallest absolute Gasteiger partial charge is 0.191 e. The van der Waals surface area contributed by atoms with Crippen LogP contribution in [0.25, 0.3) is 0 Å². The molecule has 1 atom stereocenters. The molecule has 7 nitrogen and oxygen atoms in total. The zero-order chi connectivity index (χ0) is 20.6. The van der Waals surface area contributed by atoms with Crippen molar-refractivity contribution in [3.05, 3.63) is 46.8 Å². The number of benzene rings is 1. The average molecular weight is 426 g/mol. The minimum absolute atomic E-state index is 0.0709. The van der Waals surface area contributed by atoms with Gasteiger partial charge in [-0.25, -0.2) is 13.4 Å². The third kappa shape index (κ3) is 6.50. The van der Waals surface area contributed by atoms with Crippen molar-refractivity contribution in [2.75, 3.05) is 26.0 Å². The number of thiophene rings is 1. The lowest BCUT2D eigenvalue weighted by Crippen LogP contribution is -2.42. The summed E-state index contributed by atoms with van der Waals surface area (Å²) in [4.78, 5) is 4.50. The first-order valence-electron chi connectivity index (χ1n) is 8.95. The third-order valence-electron chi connectivity index (χ3n) is 3.91. The molecule has 0 radical (unpaired) electrons. The van der Waals surface area contributed by atoms with Gasteiger partial charge in [-0.05, 0) is 36.9 Å². The second-order valence-electron chi connectivity index (χ2n) is 6.26. The van der Waals surface area contributed by atoms with E-state index in [1.165, 1.54) is 0 Å².